The van der Waals surface area contributed by atoms with Crippen molar-refractivity contribution in [3.63, 3.8) is 0 Å². The van der Waals surface area contributed by atoms with Crippen LogP contribution in [-0.2, 0) is 29.3 Å². The average molecular weight is 491 g/mol. The van der Waals surface area contributed by atoms with Gasteiger partial charge in [-0.05, 0) is 36.4 Å². The van der Waals surface area contributed by atoms with Crippen molar-refractivity contribution >= 4 is 32.0 Å². The van der Waals surface area contributed by atoms with E-state index in [2.05, 4.69) is 9.37 Å². The Kier molecular flexibility index (Phi) is 12.6. The number of hydrogen-bond donors (Lipinski definition) is 0. The van der Waals surface area contributed by atoms with Crippen LogP contribution >= 0.6 is 12.0 Å². The third-order valence-electron chi connectivity index (χ3n) is 2.85. The molecule has 0 amide bonds. The molecule has 0 N–H and O–H groups in total. The number of rotatable bonds is 6. The summed E-state index contributed by atoms with van der Waals surface area (Å²) in [6.07, 6.45) is 0. The van der Waals surface area contributed by atoms with Crippen molar-refractivity contribution in [3.8, 4) is 0 Å². The second-order valence-corrected chi connectivity index (χ2v) is 8.40. The maximum atomic E-state index is 13.5. The van der Waals surface area contributed by atoms with Crippen LogP contribution in [0.15, 0.2) is 56.0 Å². The summed E-state index contributed by atoms with van der Waals surface area (Å²) in [4.78, 5) is -2.98. The molecule has 0 atom stereocenters. The smallest absolute Gasteiger partial charge is 0.744 e. The largest absolute Gasteiger partial charge is 1.00 e. The van der Waals surface area contributed by atoms with Gasteiger partial charge in [0.25, 0.3) is 0 Å². The molecule has 0 fully saturated rings. The molecule has 0 aromatic heterocycles. The van der Waals surface area contributed by atoms with Crippen molar-refractivity contribution in [2.45, 2.75) is 19.6 Å². The summed E-state index contributed by atoms with van der Waals surface area (Å²) < 4.78 is 88.8. The molecule has 0 saturated carbocycles. The van der Waals surface area contributed by atoms with Crippen LogP contribution in [0.2, 0.25) is 0 Å². The van der Waals surface area contributed by atoms with E-state index in [-0.39, 0.29) is 115 Å². The van der Waals surface area contributed by atoms with E-state index in [1.165, 1.54) is 0 Å². The Morgan fingerprint density at radius 3 is 1.93 bits per heavy atom. The third kappa shape index (κ3) is 7.39. The summed E-state index contributed by atoms with van der Waals surface area (Å²) in [5.41, 5.74) is 0. The second kappa shape index (κ2) is 11.9. The maximum Gasteiger partial charge on any atom is 1.00 e. The quantitative estimate of drug-likeness (QED) is 0.0974. The zero-order valence-corrected chi connectivity index (χ0v) is 22.4. The molecular formula is C12H6F2K2O8S3. The van der Waals surface area contributed by atoms with Crippen molar-refractivity contribution in [2.24, 2.45) is 0 Å². The molecule has 0 aliphatic rings. The third-order valence-corrected chi connectivity index (χ3v) is 6.06. The maximum absolute atomic E-state index is 13.5. The Bertz CT molecular complexity index is 1020. The molecule has 2 aromatic carbocycles. The number of benzene rings is 2. The van der Waals surface area contributed by atoms with Gasteiger partial charge in [0, 0.05) is 0 Å². The molecule has 0 saturated heterocycles. The molecule has 0 bridgehead atoms. The SMILES string of the molecule is O=S(=O)([O-])c1cc(S(=O)(=O)c2ccc(F)c(SOO[O-])c2)ccc1F.[K+].[K+]. The predicted octanol–water partition coefficient (Wildman–Crippen LogP) is -5.06. The Morgan fingerprint density at radius 2 is 1.41 bits per heavy atom. The van der Waals surface area contributed by atoms with Gasteiger partial charge in [-0.15, -0.1) is 0 Å². The van der Waals surface area contributed by atoms with E-state index in [0.717, 1.165) is 24.3 Å². The van der Waals surface area contributed by atoms with Crippen LogP contribution in [0.4, 0.5) is 8.78 Å². The minimum atomic E-state index is -5.25. The first kappa shape index (κ1) is 28.7. The zero-order chi connectivity index (χ0) is 18.8. The molecule has 0 heterocycles. The van der Waals surface area contributed by atoms with Crippen LogP contribution in [0, 0.1) is 11.6 Å². The predicted molar refractivity (Wildman–Crippen MR) is 74.2 cm³/mol. The van der Waals surface area contributed by atoms with Gasteiger partial charge >= 0.3 is 103 Å². The van der Waals surface area contributed by atoms with Crippen molar-refractivity contribution in [1.29, 1.82) is 0 Å². The summed E-state index contributed by atoms with van der Waals surface area (Å²) >= 11 is 0.102. The summed E-state index contributed by atoms with van der Waals surface area (Å²) in [5, 5.41) is 12.8. The molecule has 0 aliphatic heterocycles. The van der Waals surface area contributed by atoms with Crippen LogP contribution in [-0.4, -0.2) is 21.4 Å². The van der Waals surface area contributed by atoms with Gasteiger partial charge in [0.05, 0.1) is 31.6 Å². The fourth-order valence-electron chi connectivity index (χ4n) is 1.74. The van der Waals surface area contributed by atoms with Gasteiger partial charge in [0.2, 0.25) is 9.84 Å². The molecule has 2 rings (SSSR count). The molecule has 0 spiro atoms. The fraction of sp³-hybridized carbons (Fsp3) is 0. The minimum absolute atomic E-state index is 0. The van der Waals surface area contributed by atoms with Gasteiger partial charge in [0.1, 0.15) is 21.8 Å². The molecule has 8 nitrogen and oxygen atoms in total. The average Bonchev–Trinajstić information content (AvgIpc) is 2.53. The normalized spacial score (nSPS) is 11.4. The first-order valence-electron chi connectivity index (χ1n) is 6.00. The van der Waals surface area contributed by atoms with E-state index in [4.69, 9.17) is 0 Å². The van der Waals surface area contributed by atoms with Gasteiger partial charge in [-0.2, -0.15) is 4.33 Å². The van der Waals surface area contributed by atoms with E-state index in [1.807, 2.05) is 0 Å². The zero-order valence-electron chi connectivity index (χ0n) is 13.7. The van der Waals surface area contributed by atoms with Crippen LogP contribution in [0.1, 0.15) is 0 Å². The Hall–Kier alpha value is 1.66. The number of halogens is 2. The van der Waals surface area contributed by atoms with Crippen molar-refractivity contribution < 1.29 is 148 Å². The van der Waals surface area contributed by atoms with Crippen LogP contribution in [0.25, 0.3) is 0 Å². The fourth-order valence-corrected chi connectivity index (χ4v) is 4.21. The van der Waals surface area contributed by atoms with Crippen molar-refractivity contribution in [1.82, 2.24) is 0 Å². The van der Waals surface area contributed by atoms with E-state index >= 15 is 0 Å². The first-order valence-corrected chi connectivity index (χ1v) is 9.64. The van der Waals surface area contributed by atoms with E-state index in [1.54, 1.807) is 0 Å². The van der Waals surface area contributed by atoms with E-state index in [9.17, 15) is 35.4 Å². The standard InChI is InChI=1S/C12H8F2O8S3.2K/c13-9-3-1-7(5-11(9)23-22-21-15)24(16,17)8-2-4-10(14)12(6-8)25(18,19)20;;/h1-6,15H,(H,18,19,20);;/q;2*+1/p-2. The minimum Gasteiger partial charge on any atom is -0.744 e. The van der Waals surface area contributed by atoms with Gasteiger partial charge in [-0.1, -0.05) is 0 Å². The Balaban J connectivity index is 0.00000338. The molecular weight excluding hydrogens is 485 g/mol. The van der Waals surface area contributed by atoms with E-state index < -0.39 is 51.2 Å². The topological polar surface area (TPSA) is 133 Å². The Labute approximate surface area is 242 Å². The molecule has 0 aliphatic carbocycles. The molecule has 15 heteroatoms. The van der Waals surface area contributed by atoms with Crippen LogP contribution in [0.3, 0.4) is 0 Å². The van der Waals surface area contributed by atoms with Gasteiger partial charge in [0.15, 0.2) is 0 Å². The van der Waals surface area contributed by atoms with Gasteiger partial charge < -0.3 is 9.81 Å². The molecule has 0 unspecified atom stereocenters. The summed E-state index contributed by atoms with van der Waals surface area (Å²) in [5.74, 6) is -2.34. The summed E-state index contributed by atoms with van der Waals surface area (Å²) in [6.45, 7) is 0. The second-order valence-electron chi connectivity index (χ2n) is 4.36. The molecule has 27 heavy (non-hydrogen) atoms. The molecule has 0 radical (unpaired) electrons. The number of hydrogen-bond acceptors (Lipinski definition) is 9. The van der Waals surface area contributed by atoms with Crippen molar-refractivity contribution in [3.05, 3.63) is 48.0 Å². The van der Waals surface area contributed by atoms with Crippen LogP contribution in [0.5, 0.6) is 0 Å². The molecule has 136 valence electrons. The number of sulfone groups is 1. The van der Waals surface area contributed by atoms with E-state index in [0.29, 0.717) is 12.1 Å². The summed E-state index contributed by atoms with van der Waals surface area (Å²) in [7, 11) is -9.68. The Morgan fingerprint density at radius 1 is 0.889 bits per heavy atom. The van der Waals surface area contributed by atoms with Crippen LogP contribution < -0.4 is 108 Å². The summed E-state index contributed by atoms with van der Waals surface area (Å²) in [6, 6.07) is 3.99. The monoisotopic (exact) mass is 490 g/mol. The van der Waals surface area contributed by atoms with Crippen molar-refractivity contribution in [2.75, 3.05) is 0 Å². The van der Waals surface area contributed by atoms with Gasteiger partial charge in [-0.25, -0.2) is 25.6 Å². The molecule has 2 aromatic rings. The van der Waals surface area contributed by atoms with Gasteiger partial charge in [-0.3, -0.25) is 5.04 Å². The first-order chi connectivity index (χ1) is 11.6.